The molecule has 0 unspecified atom stereocenters. The number of rotatable bonds is 5. The summed E-state index contributed by atoms with van der Waals surface area (Å²) in [5.41, 5.74) is 2.22. The number of nitrogens with zero attached hydrogens (tertiary/aromatic N) is 1. The molecule has 5 heteroatoms. The normalized spacial score (nSPS) is 17.6. The highest BCUT2D eigenvalue weighted by Crippen LogP contribution is 2.37. The highest BCUT2D eigenvalue weighted by Gasteiger charge is 2.25. The third-order valence-electron chi connectivity index (χ3n) is 4.96. The summed E-state index contributed by atoms with van der Waals surface area (Å²) in [5.74, 6) is 0.125. The molecule has 2 aromatic carbocycles. The standard InChI is InChI=1S/C23H24N2OS2/c1-17-13-14-25(19-10-5-6-11-20(19)28-17)22(26)16-24-23(21-12-7-15-27-21)18-8-3-2-4-9-18/h2-12,15,17,23-24H,13-14,16H2,1H3/t17-,23-/m1/s1. The molecule has 1 aromatic heterocycles. The first kappa shape index (κ1) is 19.2. The molecule has 2 heterocycles. The van der Waals surface area contributed by atoms with Crippen molar-refractivity contribution in [2.75, 3.05) is 18.0 Å². The van der Waals surface area contributed by atoms with Gasteiger partial charge in [0.2, 0.25) is 5.91 Å². The average Bonchev–Trinajstić information content (AvgIpc) is 3.18. The molecular formula is C23H24N2OS2. The Morgan fingerprint density at radius 2 is 1.89 bits per heavy atom. The minimum Gasteiger partial charge on any atom is -0.310 e. The van der Waals surface area contributed by atoms with Gasteiger partial charge in [0.15, 0.2) is 0 Å². The van der Waals surface area contributed by atoms with E-state index in [4.69, 9.17) is 0 Å². The fourth-order valence-corrected chi connectivity index (χ4v) is 5.45. The smallest absolute Gasteiger partial charge is 0.240 e. The van der Waals surface area contributed by atoms with E-state index in [0.717, 1.165) is 18.7 Å². The molecule has 2 atom stereocenters. The van der Waals surface area contributed by atoms with Crippen LogP contribution < -0.4 is 10.2 Å². The summed E-state index contributed by atoms with van der Waals surface area (Å²) in [6.45, 7) is 3.31. The van der Waals surface area contributed by atoms with Crippen LogP contribution >= 0.6 is 23.1 Å². The van der Waals surface area contributed by atoms with Crippen molar-refractivity contribution >= 4 is 34.7 Å². The predicted octanol–water partition coefficient (Wildman–Crippen LogP) is 5.34. The molecule has 0 aliphatic carbocycles. The molecule has 0 saturated heterocycles. The van der Waals surface area contributed by atoms with Crippen molar-refractivity contribution in [1.82, 2.24) is 5.32 Å². The van der Waals surface area contributed by atoms with E-state index in [-0.39, 0.29) is 11.9 Å². The van der Waals surface area contributed by atoms with Gasteiger partial charge in [0.05, 0.1) is 18.3 Å². The van der Waals surface area contributed by atoms with E-state index in [1.165, 1.54) is 15.3 Å². The molecule has 144 valence electrons. The van der Waals surface area contributed by atoms with Gasteiger partial charge in [-0.1, -0.05) is 55.5 Å². The lowest BCUT2D eigenvalue weighted by Gasteiger charge is -2.24. The zero-order valence-electron chi connectivity index (χ0n) is 15.9. The topological polar surface area (TPSA) is 32.3 Å². The summed E-state index contributed by atoms with van der Waals surface area (Å²) in [5, 5.41) is 6.10. The molecule has 0 bridgehead atoms. The van der Waals surface area contributed by atoms with Gasteiger partial charge in [0.25, 0.3) is 0 Å². The molecule has 28 heavy (non-hydrogen) atoms. The first-order chi connectivity index (χ1) is 13.7. The summed E-state index contributed by atoms with van der Waals surface area (Å²) >= 11 is 3.58. The maximum absolute atomic E-state index is 13.2. The summed E-state index contributed by atoms with van der Waals surface area (Å²) < 4.78 is 0. The number of anilines is 1. The van der Waals surface area contributed by atoms with Gasteiger partial charge in [0.1, 0.15) is 0 Å². The van der Waals surface area contributed by atoms with Crippen LogP contribution in [0.1, 0.15) is 29.8 Å². The second-order valence-corrected chi connectivity index (χ2v) is 9.43. The highest BCUT2D eigenvalue weighted by molar-refractivity contribution is 8.00. The van der Waals surface area contributed by atoms with E-state index in [1.807, 2.05) is 47.0 Å². The van der Waals surface area contributed by atoms with Crippen LogP contribution in [-0.4, -0.2) is 24.2 Å². The maximum Gasteiger partial charge on any atom is 0.240 e. The first-order valence-electron chi connectivity index (χ1n) is 9.60. The Morgan fingerprint density at radius 1 is 1.11 bits per heavy atom. The molecule has 3 nitrogen and oxygen atoms in total. The third-order valence-corrected chi connectivity index (χ3v) is 7.14. The Balaban J connectivity index is 1.53. The monoisotopic (exact) mass is 408 g/mol. The van der Waals surface area contributed by atoms with Crippen molar-refractivity contribution in [3.63, 3.8) is 0 Å². The van der Waals surface area contributed by atoms with Crippen LogP contribution in [-0.2, 0) is 4.79 Å². The summed E-state index contributed by atoms with van der Waals surface area (Å²) in [4.78, 5) is 17.6. The number of carbonyl (C=O) groups excluding carboxylic acids is 1. The van der Waals surface area contributed by atoms with Crippen LogP contribution in [0.5, 0.6) is 0 Å². The van der Waals surface area contributed by atoms with Crippen LogP contribution in [0.2, 0.25) is 0 Å². The van der Waals surface area contributed by atoms with Gasteiger partial charge in [-0.3, -0.25) is 10.1 Å². The molecule has 1 N–H and O–H groups in total. The number of carbonyl (C=O) groups is 1. The molecule has 0 spiro atoms. The van der Waals surface area contributed by atoms with Gasteiger partial charge in [-0.25, -0.2) is 0 Å². The molecule has 4 rings (SSSR count). The molecular weight excluding hydrogens is 384 g/mol. The maximum atomic E-state index is 13.2. The van der Waals surface area contributed by atoms with Crippen molar-refractivity contribution in [3.8, 4) is 0 Å². The molecule has 1 aliphatic heterocycles. The summed E-state index contributed by atoms with van der Waals surface area (Å²) in [6.07, 6.45) is 0.998. The second-order valence-electron chi connectivity index (χ2n) is 6.97. The van der Waals surface area contributed by atoms with Gasteiger partial charge in [0, 0.05) is 21.6 Å². The van der Waals surface area contributed by atoms with E-state index in [0.29, 0.717) is 11.8 Å². The summed E-state index contributed by atoms with van der Waals surface area (Å²) in [6, 6.07) is 22.8. The van der Waals surface area contributed by atoms with Crippen LogP contribution in [0, 0.1) is 0 Å². The van der Waals surface area contributed by atoms with Crippen molar-refractivity contribution in [1.29, 1.82) is 0 Å². The van der Waals surface area contributed by atoms with E-state index >= 15 is 0 Å². The molecule has 0 fully saturated rings. The van der Waals surface area contributed by atoms with E-state index in [9.17, 15) is 4.79 Å². The van der Waals surface area contributed by atoms with Gasteiger partial charge in [-0.15, -0.1) is 23.1 Å². The van der Waals surface area contributed by atoms with E-state index in [1.54, 1.807) is 11.3 Å². The van der Waals surface area contributed by atoms with Crippen molar-refractivity contribution in [3.05, 3.63) is 82.6 Å². The Labute approximate surface area is 174 Å². The summed E-state index contributed by atoms with van der Waals surface area (Å²) in [7, 11) is 0. The van der Waals surface area contributed by atoms with Crippen molar-refractivity contribution in [2.45, 2.75) is 29.5 Å². The number of hydrogen-bond acceptors (Lipinski definition) is 4. The lowest BCUT2D eigenvalue weighted by Crippen LogP contribution is -2.40. The second kappa shape index (κ2) is 8.95. The number of nitrogens with one attached hydrogen (secondary N) is 1. The number of amides is 1. The Bertz CT molecular complexity index is 911. The third kappa shape index (κ3) is 4.32. The SMILES string of the molecule is C[C@@H]1CCN(C(=O)CN[C@H](c2ccccc2)c2cccs2)c2ccccc2S1. The fraction of sp³-hybridized carbons (Fsp3) is 0.261. The molecule has 0 radical (unpaired) electrons. The lowest BCUT2D eigenvalue weighted by molar-refractivity contribution is -0.117. The number of thiophene rings is 1. The quantitative estimate of drug-likeness (QED) is 0.618. The van der Waals surface area contributed by atoms with Crippen molar-refractivity contribution < 1.29 is 4.79 Å². The van der Waals surface area contributed by atoms with Gasteiger partial charge < -0.3 is 4.90 Å². The first-order valence-corrected chi connectivity index (χ1v) is 11.4. The minimum absolute atomic E-state index is 0.0284. The zero-order valence-corrected chi connectivity index (χ0v) is 17.5. The number of hydrogen-bond donors (Lipinski definition) is 1. The Kier molecular flexibility index (Phi) is 6.15. The van der Waals surface area contributed by atoms with Crippen LogP contribution in [0.3, 0.4) is 0 Å². The van der Waals surface area contributed by atoms with Crippen LogP contribution in [0.4, 0.5) is 5.69 Å². The highest BCUT2D eigenvalue weighted by atomic mass is 32.2. The van der Waals surface area contributed by atoms with Gasteiger partial charge in [-0.2, -0.15) is 0 Å². The number of para-hydroxylation sites is 1. The number of benzene rings is 2. The van der Waals surface area contributed by atoms with Gasteiger partial charge >= 0.3 is 0 Å². The molecule has 1 amide bonds. The molecule has 1 aliphatic rings. The molecule has 3 aromatic rings. The van der Waals surface area contributed by atoms with Crippen molar-refractivity contribution in [2.24, 2.45) is 0 Å². The van der Waals surface area contributed by atoms with Crippen LogP contribution in [0.15, 0.2) is 77.0 Å². The number of fused-ring (bicyclic) bond motifs is 1. The van der Waals surface area contributed by atoms with Gasteiger partial charge in [-0.05, 0) is 35.6 Å². The predicted molar refractivity (Wildman–Crippen MR) is 119 cm³/mol. The largest absolute Gasteiger partial charge is 0.310 e. The Morgan fingerprint density at radius 3 is 2.68 bits per heavy atom. The lowest BCUT2D eigenvalue weighted by atomic mass is 10.1. The number of thioether (sulfide) groups is 1. The molecule has 0 saturated carbocycles. The van der Waals surface area contributed by atoms with Crippen LogP contribution in [0.25, 0.3) is 0 Å². The minimum atomic E-state index is 0.0284. The van der Waals surface area contributed by atoms with E-state index in [2.05, 4.69) is 54.0 Å². The Hall–Kier alpha value is -2.08. The zero-order chi connectivity index (χ0) is 19.3. The average molecular weight is 409 g/mol. The van der Waals surface area contributed by atoms with E-state index < -0.39 is 0 Å². The fourth-order valence-electron chi connectivity index (χ4n) is 3.51.